The second-order valence-electron chi connectivity index (χ2n) is 37.8. The van der Waals surface area contributed by atoms with Gasteiger partial charge in [-0.25, -0.2) is 9.59 Å². The van der Waals surface area contributed by atoms with E-state index in [1.54, 1.807) is 69.3 Å². The van der Waals surface area contributed by atoms with E-state index in [2.05, 4.69) is 21.3 Å². The van der Waals surface area contributed by atoms with Crippen LogP contribution in [0.5, 0.6) is 69.0 Å². The molecule has 1 unspecified atom stereocenters. The smallest absolute Gasteiger partial charge is 0.335 e. The zero-order valence-electron chi connectivity index (χ0n) is 84.0. The van der Waals surface area contributed by atoms with E-state index >= 15 is 0 Å². The molecule has 6 aromatic rings. The van der Waals surface area contributed by atoms with Crippen molar-refractivity contribution >= 4 is 177 Å². The Bertz CT molecular complexity index is 5080. The normalized spacial score (nSPS) is 13.6. The van der Waals surface area contributed by atoms with E-state index in [1.165, 1.54) is 6.08 Å². The topological polar surface area (TPSA) is 426 Å². The number of aliphatic hydroxyl groups excluding tert-OH is 2. The molecule has 0 aromatic heterocycles. The predicted molar refractivity (Wildman–Crippen MR) is 586 cm³/mol. The van der Waals surface area contributed by atoms with Crippen molar-refractivity contribution in [3.63, 3.8) is 0 Å². The number of aliphatic hydroxyl groups is 2. The van der Waals surface area contributed by atoms with Gasteiger partial charge in [0.25, 0.3) is 0 Å². The summed E-state index contributed by atoms with van der Waals surface area (Å²) in [5.41, 5.74) is 2.95. The summed E-state index contributed by atoms with van der Waals surface area (Å²) in [7, 11) is 0. The zero-order valence-corrected chi connectivity index (χ0v) is 92.5. The summed E-state index contributed by atoms with van der Waals surface area (Å²) < 4.78 is 90.4. The molecule has 12 rings (SSSR count). The third kappa shape index (κ3) is 52.6. The highest BCUT2D eigenvalue weighted by molar-refractivity contribution is 7.59. The minimum atomic E-state index is -2.02. The molecule has 6 aliphatic rings. The van der Waals surface area contributed by atoms with Crippen LogP contribution in [0.25, 0.3) is 0 Å². The lowest BCUT2D eigenvalue weighted by Crippen LogP contribution is -2.38. The van der Waals surface area contributed by atoms with E-state index in [0.29, 0.717) is 166 Å². The lowest BCUT2D eigenvalue weighted by atomic mass is 10.0. The van der Waals surface area contributed by atoms with Gasteiger partial charge in [0.05, 0.1) is 31.8 Å². The number of rotatable bonds is 39. The highest BCUT2D eigenvalue weighted by atomic mass is 35.5. The summed E-state index contributed by atoms with van der Waals surface area (Å²) in [6.07, 6.45) is 3.87. The number of nitrogens with zero attached hydrogens (tertiary/aromatic N) is 1. The van der Waals surface area contributed by atoms with Gasteiger partial charge in [-0.3, -0.25) is 28.8 Å². The molecular formula is C105H147Cl10N5O28S. The van der Waals surface area contributed by atoms with Crippen LogP contribution < -0.4 is 78.1 Å². The summed E-state index contributed by atoms with van der Waals surface area (Å²) in [5.74, 6) is 5.60. The van der Waals surface area contributed by atoms with Crippen LogP contribution in [0.3, 0.4) is 0 Å². The number of nitriles is 1. The number of aliphatic carboxylic acids is 1. The molecule has 0 spiro atoms. The molecule has 0 amide bonds. The third-order valence-corrected chi connectivity index (χ3v) is 22.7. The number of carbonyl (C=O) groups excluding carboxylic acids is 7. The van der Waals surface area contributed by atoms with Gasteiger partial charge in [-0.2, -0.15) is 18.8 Å². The first-order valence-corrected chi connectivity index (χ1v) is 50.5. The average Bonchev–Trinajstić information content (AvgIpc) is 1.73. The van der Waals surface area contributed by atoms with Crippen LogP contribution in [-0.2, 0) is 101 Å². The number of hydrogen-bond donors (Lipinski definition) is 7. The standard InChI is InChI=1S/3C18H25Cl2NO4.C18H23Cl2NO4.C15H17ClO5.C9H6ClNO2.C5H8O5.4CH4.H2S/c4*1-18(2,3)25-17(22)9-13(21-6-4-5-19)7-12-8-15-16(10-14(12)20)24-11-23-15;1-15(2,3)21-14(18)6-10(17)4-9-5-12-13(7-11(9)16)20-8-19-12;10-7-4-9-8(12-5-13-9)3-6(7)1-2-11;1-2(6)3(7)4(8)5(9)10;;;;;/h3*8,10,13,21H,4-7,9,11H2,1-3H3;8-10,21H,4-7,11H2,1-3H3;5,7H,4,6,8H2,1-3H3;3-4H,1,5H2;3-4,7-8H,1H3,(H,9,10);4*1H4;1H2/b;;;13-9-;;;;;;;;/t2*13-;;;;;3-,4+;;;;;/m11....0...../s1. The Morgan fingerprint density at radius 1 is 0.369 bits per heavy atom. The molecule has 33 nitrogen and oxygen atoms in total. The number of nitrogens with one attached hydrogen (secondary N) is 4. The van der Waals surface area contributed by atoms with E-state index < -0.39 is 63.9 Å². The van der Waals surface area contributed by atoms with Crippen molar-refractivity contribution in [3.8, 4) is 75.1 Å². The zero-order chi connectivity index (χ0) is 107. The number of ether oxygens (including phenoxy) is 17. The predicted octanol–water partition coefficient (Wildman–Crippen LogP) is 21.9. The number of Topliss-reactive ketones (excluding diaryl/α,β-unsaturated/α-hetero) is 2. The van der Waals surface area contributed by atoms with E-state index in [4.69, 9.17) is 217 Å². The summed E-state index contributed by atoms with van der Waals surface area (Å²) >= 11 is 60.3. The van der Waals surface area contributed by atoms with Gasteiger partial charge in [-0.15, -0.1) is 46.4 Å². The summed E-state index contributed by atoms with van der Waals surface area (Å²) in [6, 6.07) is 22.9. The number of benzene rings is 6. The summed E-state index contributed by atoms with van der Waals surface area (Å²) in [6.45, 7) is 32.4. The Hall–Kier alpha value is -8.84. The first-order chi connectivity index (χ1) is 67.6. The summed E-state index contributed by atoms with van der Waals surface area (Å²) in [4.78, 5) is 92.4. The minimum absolute atomic E-state index is 0. The van der Waals surface area contributed by atoms with Gasteiger partial charge in [-0.05, 0) is 245 Å². The molecule has 836 valence electrons. The quantitative estimate of drug-likeness (QED) is 0.00470. The van der Waals surface area contributed by atoms with E-state index in [0.717, 1.165) is 80.1 Å². The molecule has 0 bridgehead atoms. The van der Waals surface area contributed by atoms with Crippen molar-refractivity contribution in [3.05, 3.63) is 148 Å². The van der Waals surface area contributed by atoms with Gasteiger partial charge in [0, 0.05) is 139 Å². The lowest BCUT2D eigenvalue weighted by molar-refractivity contribution is -0.157. The number of carboxylic acids is 1. The molecule has 6 aromatic carbocycles. The van der Waals surface area contributed by atoms with Crippen LogP contribution in [0.2, 0.25) is 30.1 Å². The molecule has 5 atom stereocenters. The Morgan fingerprint density at radius 3 is 0.866 bits per heavy atom. The van der Waals surface area contributed by atoms with Gasteiger partial charge in [0.2, 0.25) is 40.8 Å². The Balaban J connectivity index is 0.000000878. The largest absolute Gasteiger partial charge is 0.479 e. The Kier molecular flexibility index (Phi) is 62.7. The SMILES string of the molecule is C.C.C.C.CC(=O)[C@H](O)[C@@H](O)C(=O)O.CC(C)(C)OC(=O)/C=C(/Cc1cc2c(cc1Cl)OCO2)NCCCCl.CC(C)(C)OC(=O)CC(=O)Cc1cc2c(cc1Cl)OCO2.CC(C)(C)OC(=O)CC(Cc1cc2c(cc1Cl)OCO2)NCCCCl.CC(C)(C)OC(=O)C[C@@H](Cc1cc2c(cc1Cl)OCO2)NCCCCl.CC(C)(C)OC(=O)C[C@@H](Cc1cc2c(cc1Cl)OCO2)NCCCCl.N#CCc1cc2c(cc1Cl)OCO2.S. The van der Waals surface area contributed by atoms with Crippen LogP contribution in [0.15, 0.2) is 84.6 Å². The number of fused-ring (bicyclic) bond motifs is 6. The van der Waals surface area contributed by atoms with Crippen LogP contribution in [0, 0.1) is 11.3 Å². The fraction of sp³-hybridized carbons (Fsp3) is 0.552. The van der Waals surface area contributed by atoms with Gasteiger partial charge in [0.15, 0.2) is 80.9 Å². The van der Waals surface area contributed by atoms with Gasteiger partial charge >= 0.3 is 35.8 Å². The van der Waals surface area contributed by atoms with Crippen molar-refractivity contribution in [1.82, 2.24) is 21.3 Å². The molecule has 0 saturated heterocycles. The number of halogens is 10. The van der Waals surface area contributed by atoms with Gasteiger partial charge in [-0.1, -0.05) is 99.3 Å². The van der Waals surface area contributed by atoms with Crippen LogP contribution >= 0.6 is 130 Å². The van der Waals surface area contributed by atoms with Crippen molar-refractivity contribution in [2.75, 3.05) is 90.5 Å². The molecule has 0 radical (unpaired) electrons. The Labute approximate surface area is 933 Å². The second kappa shape index (κ2) is 67.6. The maximum absolute atomic E-state index is 12.2. The fourth-order valence-corrected chi connectivity index (χ4v) is 15.3. The Morgan fingerprint density at radius 2 is 0.611 bits per heavy atom. The molecular weight excluding hydrogens is 2170 g/mol. The first kappa shape index (κ1) is 138. The van der Waals surface area contributed by atoms with E-state index in [9.17, 15) is 38.4 Å². The molecule has 7 N–H and O–H groups in total. The van der Waals surface area contributed by atoms with Crippen molar-refractivity contribution in [1.29, 1.82) is 5.26 Å². The van der Waals surface area contributed by atoms with Gasteiger partial charge < -0.3 is 117 Å². The number of hydrogen-bond acceptors (Lipinski definition) is 32. The average molecular weight is 2310 g/mol. The first-order valence-electron chi connectivity index (χ1n) is 46.1. The number of ketones is 2. The number of allylic oxidation sites excluding steroid dienone is 1. The molecule has 0 saturated carbocycles. The number of alkyl halides is 4. The third-order valence-electron chi connectivity index (χ3n) is 19.5. The monoisotopic (exact) mass is 2310 g/mol. The second-order valence-corrected chi connectivity index (χ2v) is 41.8. The molecule has 44 heteroatoms. The maximum atomic E-state index is 12.2. The van der Waals surface area contributed by atoms with Crippen LogP contribution in [-0.4, -0.2) is 211 Å². The van der Waals surface area contributed by atoms with Gasteiger partial charge in [0.1, 0.15) is 46.3 Å². The summed E-state index contributed by atoms with van der Waals surface area (Å²) in [5, 5.41) is 50.3. The number of carbonyl (C=O) groups is 8. The molecule has 0 fully saturated rings. The molecule has 149 heavy (non-hydrogen) atoms. The fourth-order valence-electron chi connectivity index (χ4n) is 13.4. The number of esters is 5. The highest BCUT2D eigenvalue weighted by Gasteiger charge is 2.32. The minimum Gasteiger partial charge on any atom is -0.479 e. The van der Waals surface area contributed by atoms with Crippen molar-refractivity contribution in [2.45, 2.75) is 289 Å². The lowest BCUT2D eigenvalue weighted by Gasteiger charge is -2.23. The van der Waals surface area contributed by atoms with Crippen LogP contribution in [0.1, 0.15) is 225 Å². The van der Waals surface area contributed by atoms with E-state index in [1.807, 2.05) is 113 Å². The van der Waals surface area contributed by atoms with Crippen molar-refractivity contribution in [2.24, 2.45) is 0 Å². The van der Waals surface area contributed by atoms with Crippen molar-refractivity contribution < 1.29 is 134 Å². The van der Waals surface area contributed by atoms with E-state index in [-0.39, 0.29) is 164 Å². The number of carboxylic acid groups (broad SMARTS) is 1. The highest BCUT2D eigenvalue weighted by Crippen LogP contribution is 2.44. The van der Waals surface area contributed by atoms with Crippen LogP contribution in [0.4, 0.5) is 0 Å². The molecule has 6 aliphatic heterocycles. The molecule has 6 heterocycles. The molecule has 0 aliphatic carbocycles. The maximum Gasteiger partial charge on any atom is 0.335 e.